The van der Waals surface area contributed by atoms with Crippen molar-refractivity contribution in [2.45, 2.75) is 13.8 Å². The standard InChI is InChI=1S/C5H5N.C4H8.2CHO.Ru/c1-2-4-6-5-3-1;1-4(2)3;2*1-2;/h1-5H;1H2,2-3H3;2*1H;/q;;2*-1;+2. The molecule has 0 radical (unpaired) electrons. The fraction of sp³-hybridized carbons (Fsp3) is 0.182. The molecule has 0 aliphatic rings. The summed E-state index contributed by atoms with van der Waals surface area (Å²) in [6.45, 7) is 14.0. The summed E-state index contributed by atoms with van der Waals surface area (Å²) in [5.74, 6) is 0. The monoisotopic (exact) mass is 295 g/mol. The van der Waals surface area contributed by atoms with Crippen LogP contribution in [0.2, 0.25) is 0 Å². The quantitative estimate of drug-likeness (QED) is 0.319. The van der Waals surface area contributed by atoms with Crippen molar-refractivity contribution in [1.29, 1.82) is 0 Å². The van der Waals surface area contributed by atoms with E-state index in [9.17, 15) is 0 Å². The molecular weight excluding hydrogens is 279 g/mol. The first-order valence-corrected chi connectivity index (χ1v) is 3.67. The third kappa shape index (κ3) is 64.3. The Bertz CT molecular complexity index is 172. The van der Waals surface area contributed by atoms with Crippen molar-refractivity contribution >= 4 is 13.6 Å². The van der Waals surface area contributed by atoms with Crippen LogP contribution < -0.4 is 0 Å². The number of rotatable bonds is 0. The van der Waals surface area contributed by atoms with Gasteiger partial charge < -0.3 is 9.59 Å². The number of allylic oxidation sites excluding steroid dienone is 1. The van der Waals surface area contributed by atoms with Crippen molar-refractivity contribution in [3.8, 4) is 0 Å². The molecule has 4 heteroatoms. The van der Waals surface area contributed by atoms with E-state index in [1.165, 1.54) is 5.57 Å². The Morgan fingerprint density at radius 3 is 1.33 bits per heavy atom. The third-order valence-corrected chi connectivity index (χ3v) is 0.566. The maximum atomic E-state index is 7.75. The Kier molecular flexibility index (Phi) is 46.0. The summed E-state index contributed by atoms with van der Waals surface area (Å²) in [6, 6.07) is 5.72. The molecule has 0 aromatic carbocycles. The van der Waals surface area contributed by atoms with Gasteiger partial charge >= 0.3 is 19.5 Å². The molecule has 1 rings (SSSR count). The van der Waals surface area contributed by atoms with E-state index in [1.54, 1.807) is 12.4 Å². The minimum atomic E-state index is 0. The average Bonchev–Trinajstić information content (AvgIpc) is 2.25. The van der Waals surface area contributed by atoms with Crippen LogP contribution in [0.25, 0.3) is 0 Å². The van der Waals surface area contributed by atoms with E-state index >= 15 is 0 Å². The summed E-state index contributed by atoms with van der Waals surface area (Å²) < 4.78 is 0. The first-order valence-electron chi connectivity index (χ1n) is 3.67. The predicted octanol–water partition coefficient (Wildman–Crippen LogP) is 2.11. The summed E-state index contributed by atoms with van der Waals surface area (Å²) in [5.41, 5.74) is 1.17. The summed E-state index contributed by atoms with van der Waals surface area (Å²) in [6.07, 6.45) is 3.50. The molecule has 3 nitrogen and oxygen atoms in total. The van der Waals surface area contributed by atoms with E-state index in [1.807, 2.05) is 32.0 Å². The second-order valence-corrected chi connectivity index (χ2v) is 2.23. The Morgan fingerprint density at radius 2 is 1.27 bits per heavy atom. The van der Waals surface area contributed by atoms with Crippen LogP contribution in [0.4, 0.5) is 0 Å². The molecule has 0 saturated heterocycles. The van der Waals surface area contributed by atoms with Gasteiger partial charge in [0.1, 0.15) is 0 Å². The van der Waals surface area contributed by atoms with Crippen molar-refractivity contribution in [2.24, 2.45) is 0 Å². The van der Waals surface area contributed by atoms with E-state index in [-0.39, 0.29) is 19.5 Å². The third-order valence-electron chi connectivity index (χ3n) is 0.566. The normalized spacial score (nSPS) is 5.47. The van der Waals surface area contributed by atoms with Crippen LogP contribution >= 0.6 is 0 Å². The van der Waals surface area contributed by atoms with Gasteiger partial charge in [-0.05, 0) is 26.0 Å². The molecule has 15 heavy (non-hydrogen) atoms. The van der Waals surface area contributed by atoms with Gasteiger partial charge in [0.25, 0.3) is 0 Å². The topological polar surface area (TPSA) is 47.0 Å². The van der Waals surface area contributed by atoms with Gasteiger partial charge in [0, 0.05) is 12.4 Å². The second kappa shape index (κ2) is 29.3. The van der Waals surface area contributed by atoms with Crippen molar-refractivity contribution in [1.82, 2.24) is 4.98 Å². The van der Waals surface area contributed by atoms with E-state index < -0.39 is 0 Å². The van der Waals surface area contributed by atoms with Crippen LogP contribution in [-0.4, -0.2) is 18.6 Å². The molecular formula is C11H15NO2Ru. The smallest absolute Gasteiger partial charge is 0.545 e. The van der Waals surface area contributed by atoms with Gasteiger partial charge in [0.15, 0.2) is 0 Å². The summed E-state index contributed by atoms with van der Waals surface area (Å²) in [7, 11) is 0. The van der Waals surface area contributed by atoms with Gasteiger partial charge in [0.05, 0.1) is 0 Å². The first-order chi connectivity index (χ1) is 6.73. The van der Waals surface area contributed by atoms with E-state index in [0.29, 0.717) is 0 Å². The fourth-order valence-electron chi connectivity index (χ4n) is 0.313. The zero-order chi connectivity index (χ0) is 11.8. The Balaban J connectivity index is -0.0000000601. The Morgan fingerprint density at radius 1 is 1.00 bits per heavy atom. The van der Waals surface area contributed by atoms with Gasteiger partial charge in [-0.2, -0.15) is 0 Å². The molecule has 0 aliphatic heterocycles. The van der Waals surface area contributed by atoms with Crippen LogP contribution in [0.3, 0.4) is 0 Å². The number of pyridine rings is 1. The molecule has 1 aromatic heterocycles. The molecule has 0 fully saturated rings. The van der Waals surface area contributed by atoms with Gasteiger partial charge in [-0.1, -0.05) is 11.6 Å². The summed E-state index contributed by atoms with van der Waals surface area (Å²) in [4.78, 5) is 19.3. The molecule has 1 aromatic rings. The van der Waals surface area contributed by atoms with Gasteiger partial charge in [-0.15, -0.1) is 6.58 Å². The average molecular weight is 294 g/mol. The molecule has 0 spiro atoms. The molecule has 1 heterocycles. The van der Waals surface area contributed by atoms with Gasteiger partial charge in [0.2, 0.25) is 0 Å². The molecule has 0 atom stereocenters. The molecule has 0 unspecified atom stereocenters. The Labute approximate surface area is 104 Å². The van der Waals surface area contributed by atoms with Crippen LogP contribution in [0, 0.1) is 0 Å². The largest absolute Gasteiger partial charge is 2.00 e. The minimum absolute atomic E-state index is 0. The number of hydrogen-bond acceptors (Lipinski definition) is 3. The van der Waals surface area contributed by atoms with Crippen LogP contribution in [0.1, 0.15) is 13.8 Å². The minimum Gasteiger partial charge on any atom is -0.545 e. The van der Waals surface area contributed by atoms with Crippen molar-refractivity contribution in [3.05, 3.63) is 42.7 Å². The number of carbonyl (C=O) groups excluding carboxylic acids is 2. The van der Waals surface area contributed by atoms with E-state index in [0.717, 1.165) is 0 Å². The zero-order valence-corrected chi connectivity index (χ0v) is 10.6. The second-order valence-electron chi connectivity index (χ2n) is 2.23. The first kappa shape index (κ1) is 23.6. The maximum absolute atomic E-state index is 7.75. The summed E-state index contributed by atoms with van der Waals surface area (Å²) >= 11 is 0. The number of nitrogens with zero attached hydrogens (tertiary/aromatic N) is 1. The predicted molar refractivity (Wildman–Crippen MR) is 58.2 cm³/mol. The maximum Gasteiger partial charge on any atom is 2.00 e. The molecule has 0 aliphatic carbocycles. The van der Waals surface area contributed by atoms with E-state index in [4.69, 9.17) is 9.59 Å². The SMILES string of the molecule is C=C(C)C.[CH-]=O.[CH-]=O.[Ru+2].c1ccncc1. The number of aromatic nitrogens is 1. The van der Waals surface area contributed by atoms with Crippen molar-refractivity contribution in [2.75, 3.05) is 0 Å². The molecule has 0 N–H and O–H groups in total. The van der Waals surface area contributed by atoms with Crippen molar-refractivity contribution in [3.63, 3.8) is 0 Å². The Hall–Kier alpha value is -1.15. The molecule has 0 saturated carbocycles. The summed E-state index contributed by atoms with van der Waals surface area (Å²) in [5, 5.41) is 0. The molecule has 84 valence electrons. The number of hydrogen-bond donors (Lipinski definition) is 0. The van der Waals surface area contributed by atoms with Crippen LogP contribution in [0.15, 0.2) is 42.7 Å². The van der Waals surface area contributed by atoms with Crippen molar-refractivity contribution < 1.29 is 29.1 Å². The van der Waals surface area contributed by atoms with E-state index in [2.05, 4.69) is 25.1 Å². The van der Waals surface area contributed by atoms with Crippen LogP contribution in [-0.2, 0) is 29.1 Å². The molecule has 0 amide bonds. The van der Waals surface area contributed by atoms with Crippen LogP contribution in [0.5, 0.6) is 0 Å². The van der Waals surface area contributed by atoms with Gasteiger partial charge in [-0.25, -0.2) is 0 Å². The zero-order valence-electron chi connectivity index (χ0n) is 8.87. The fourth-order valence-corrected chi connectivity index (χ4v) is 0.313. The molecule has 0 bridgehead atoms. The van der Waals surface area contributed by atoms with Gasteiger partial charge in [-0.3, -0.25) is 18.6 Å².